The Kier molecular flexibility index (Phi) is 6.02. The van der Waals surface area contributed by atoms with Gasteiger partial charge in [-0.2, -0.15) is 0 Å². The van der Waals surface area contributed by atoms with Crippen molar-refractivity contribution in [3.63, 3.8) is 0 Å². The Balaban J connectivity index is 1.76. The number of hydrogen-bond acceptors (Lipinski definition) is 6. The van der Waals surface area contributed by atoms with Crippen LogP contribution >= 0.6 is 0 Å². The van der Waals surface area contributed by atoms with Crippen molar-refractivity contribution in [3.05, 3.63) is 29.8 Å². The summed E-state index contributed by atoms with van der Waals surface area (Å²) in [4.78, 5) is 14.8. The van der Waals surface area contributed by atoms with Crippen LogP contribution < -0.4 is 9.62 Å². The van der Waals surface area contributed by atoms with E-state index >= 15 is 0 Å². The molecule has 2 atom stereocenters. The molecule has 2 unspecified atom stereocenters. The first-order valence-corrected chi connectivity index (χ1v) is 13.0. The number of amides is 1. The Morgan fingerprint density at radius 2 is 1.86 bits per heavy atom. The summed E-state index contributed by atoms with van der Waals surface area (Å²) in [6, 6.07) is 6.17. The second kappa shape index (κ2) is 8.00. The van der Waals surface area contributed by atoms with E-state index in [0.717, 1.165) is 42.1 Å². The molecule has 1 aromatic carbocycles. The molecule has 0 aliphatic carbocycles. The molecule has 10 heteroatoms. The molecule has 0 radical (unpaired) electrons. The van der Waals surface area contributed by atoms with Crippen molar-refractivity contribution in [2.24, 2.45) is 0 Å². The average Bonchev–Trinajstić information content (AvgIpc) is 3.20. The van der Waals surface area contributed by atoms with E-state index in [0.29, 0.717) is 5.69 Å². The van der Waals surface area contributed by atoms with Crippen LogP contribution in [0.1, 0.15) is 18.4 Å². The van der Waals surface area contributed by atoms with Gasteiger partial charge in [-0.05, 0) is 44.5 Å². The minimum atomic E-state index is -3.68. The first-order valence-electron chi connectivity index (χ1n) is 9.34. The summed E-state index contributed by atoms with van der Waals surface area (Å²) in [5, 5.41) is 2.79. The summed E-state index contributed by atoms with van der Waals surface area (Å²) >= 11 is 0. The summed E-state index contributed by atoms with van der Waals surface area (Å²) in [5.74, 6) is -0.575. The van der Waals surface area contributed by atoms with Gasteiger partial charge in [0.25, 0.3) is 0 Å². The van der Waals surface area contributed by atoms with Gasteiger partial charge < -0.3 is 5.32 Å². The summed E-state index contributed by atoms with van der Waals surface area (Å²) in [6.07, 6.45) is 3.10. The van der Waals surface area contributed by atoms with Crippen LogP contribution in [-0.4, -0.2) is 77.1 Å². The number of carbonyl (C=O) groups is 1. The molecule has 1 amide bonds. The summed E-state index contributed by atoms with van der Waals surface area (Å²) in [5.41, 5.74) is 1.18. The Morgan fingerprint density at radius 1 is 1.21 bits per heavy atom. The van der Waals surface area contributed by atoms with Crippen LogP contribution in [0.2, 0.25) is 0 Å². The Labute approximate surface area is 166 Å². The van der Waals surface area contributed by atoms with Crippen LogP contribution in [0.15, 0.2) is 24.3 Å². The molecule has 0 aromatic heterocycles. The third-order valence-electron chi connectivity index (χ3n) is 5.35. The highest BCUT2D eigenvalue weighted by atomic mass is 32.2. The van der Waals surface area contributed by atoms with Gasteiger partial charge in [-0.25, -0.2) is 16.8 Å². The van der Waals surface area contributed by atoms with Crippen LogP contribution in [0.4, 0.5) is 5.69 Å². The minimum absolute atomic E-state index is 0.0333. The predicted octanol–water partition coefficient (Wildman–Crippen LogP) is 0.139. The summed E-state index contributed by atoms with van der Waals surface area (Å²) < 4.78 is 49.9. The molecule has 2 fully saturated rings. The lowest BCUT2D eigenvalue weighted by molar-refractivity contribution is -0.120. The lowest BCUT2D eigenvalue weighted by atomic mass is 10.1. The van der Waals surface area contributed by atoms with Gasteiger partial charge in [-0.1, -0.05) is 18.2 Å². The van der Waals surface area contributed by atoms with Gasteiger partial charge in [0.2, 0.25) is 15.9 Å². The second-order valence-electron chi connectivity index (χ2n) is 7.62. The number of para-hydroxylation sites is 1. The molecule has 1 N–H and O–H groups in total. The molecule has 2 aliphatic heterocycles. The van der Waals surface area contributed by atoms with Crippen LogP contribution in [-0.2, 0) is 24.7 Å². The van der Waals surface area contributed by atoms with Crippen molar-refractivity contribution in [3.8, 4) is 0 Å². The number of sulfonamides is 1. The first kappa shape index (κ1) is 21.1. The van der Waals surface area contributed by atoms with E-state index in [1.54, 1.807) is 31.2 Å². The number of nitrogens with zero attached hydrogens (tertiary/aromatic N) is 2. The normalized spacial score (nSPS) is 24.9. The number of carbonyl (C=O) groups excluding carboxylic acids is 1. The number of sulfone groups is 1. The Morgan fingerprint density at radius 3 is 2.46 bits per heavy atom. The third kappa shape index (κ3) is 4.84. The number of aryl methyl sites for hydroxylation is 1. The van der Waals surface area contributed by atoms with E-state index in [1.165, 1.54) is 0 Å². The molecule has 0 spiro atoms. The number of nitrogens with one attached hydrogen (secondary N) is 1. The number of anilines is 1. The van der Waals surface area contributed by atoms with Gasteiger partial charge in [-0.15, -0.1) is 0 Å². The summed E-state index contributed by atoms with van der Waals surface area (Å²) in [7, 11) is -6.91. The van der Waals surface area contributed by atoms with Gasteiger partial charge in [0.15, 0.2) is 9.84 Å². The lowest BCUT2D eigenvalue weighted by Crippen LogP contribution is -2.52. The van der Waals surface area contributed by atoms with Crippen LogP contribution in [0, 0.1) is 6.92 Å². The van der Waals surface area contributed by atoms with Gasteiger partial charge >= 0.3 is 0 Å². The van der Waals surface area contributed by atoms with Gasteiger partial charge in [-0.3, -0.25) is 14.0 Å². The zero-order valence-electron chi connectivity index (χ0n) is 16.2. The van der Waals surface area contributed by atoms with Crippen LogP contribution in [0.3, 0.4) is 0 Å². The molecule has 2 saturated heterocycles. The SMILES string of the molecule is Cc1ccccc1N(CC(=O)NC1CS(=O)(=O)CC1N1CCCC1)S(C)(=O)=O. The fourth-order valence-electron chi connectivity index (χ4n) is 4.01. The van der Waals surface area contributed by atoms with E-state index in [1.807, 2.05) is 0 Å². The predicted molar refractivity (Wildman–Crippen MR) is 109 cm³/mol. The average molecular weight is 430 g/mol. The number of rotatable bonds is 6. The summed E-state index contributed by atoms with van der Waals surface area (Å²) in [6.45, 7) is 3.04. The Bertz CT molecular complexity index is 940. The van der Waals surface area contributed by atoms with Gasteiger partial charge in [0, 0.05) is 6.04 Å². The Hall–Kier alpha value is -1.65. The second-order valence-corrected chi connectivity index (χ2v) is 11.7. The number of hydrogen-bond donors (Lipinski definition) is 1. The van der Waals surface area contributed by atoms with E-state index in [4.69, 9.17) is 0 Å². The minimum Gasteiger partial charge on any atom is -0.349 e. The maximum Gasteiger partial charge on any atom is 0.241 e. The van der Waals surface area contributed by atoms with E-state index in [2.05, 4.69) is 10.2 Å². The largest absolute Gasteiger partial charge is 0.349 e. The fourth-order valence-corrected chi connectivity index (χ4v) is 6.87. The number of benzene rings is 1. The van der Waals surface area contributed by atoms with E-state index < -0.39 is 31.8 Å². The molecule has 3 rings (SSSR count). The molecule has 1 aromatic rings. The third-order valence-corrected chi connectivity index (χ3v) is 8.19. The fraction of sp³-hybridized carbons (Fsp3) is 0.611. The monoisotopic (exact) mass is 429 g/mol. The molecular formula is C18H27N3O5S2. The molecular weight excluding hydrogens is 402 g/mol. The topological polar surface area (TPSA) is 104 Å². The van der Waals surface area contributed by atoms with Crippen LogP contribution in [0.25, 0.3) is 0 Å². The van der Waals surface area contributed by atoms with Crippen molar-refractivity contribution in [1.29, 1.82) is 0 Å². The van der Waals surface area contributed by atoms with Crippen molar-refractivity contribution in [2.75, 3.05) is 41.7 Å². The molecule has 28 heavy (non-hydrogen) atoms. The maximum atomic E-state index is 12.7. The first-order chi connectivity index (χ1) is 13.1. The van der Waals surface area contributed by atoms with Crippen molar-refractivity contribution in [2.45, 2.75) is 31.8 Å². The van der Waals surface area contributed by atoms with Crippen molar-refractivity contribution < 1.29 is 21.6 Å². The van der Waals surface area contributed by atoms with Crippen LogP contribution in [0.5, 0.6) is 0 Å². The quantitative estimate of drug-likeness (QED) is 0.690. The highest BCUT2D eigenvalue weighted by molar-refractivity contribution is 7.92. The highest BCUT2D eigenvalue weighted by Crippen LogP contribution is 2.24. The zero-order valence-corrected chi connectivity index (χ0v) is 17.8. The highest BCUT2D eigenvalue weighted by Gasteiger charge is 2.42. The smallest absolute Gasteiger partial charge is 0.241 e. The maximum absolute atomic E-state index is 12.7. The molecule has 0 saturated carbocycles. The standard InChI is InChI=1S/C18H27N3O5S2/c1-14-7-3-4-8-16(14)21(27(2,23)24)11-18(22)19-15-12-28(25,26)13-17(15)20-9-5-6-10-20/h3-4,7-8,15,17H,5-6,9-13H2,1-2H3,(H,19,22). The zero-order chi connectivity index (χ0) is 20.5. The number of likely N-dealkylation sites (tertiary alicyclic amines) is 1. The molecule has 2 aliphatic rings. The van der Waals surface area contributed by atoms with E-state index in [9.17, 15) is 21.6 Å². The molecule has 156 valence electrons. The lowest BCUT2D eigenvalue weighted by Gasteiger charge is -2.29. The molecule has 2 heterocycles. The van der Waals surface area contributed by atoms with Gasteiger partial charge in [0.1, 0.15) is 6.54 Å². The van der Waals surface area contributed by atoms with Crippen molar-refractivity contribution in [1.82, 2.24) is 10.2 Å². The molecule has 8 nitrogen and oxygen atoms in total. The molecule has 0 bridgehead atoms. The van der Waals surface area contributed by atoms with Crippen molar-refractivity contribution >= 4 is 31.5 Å². The van der Waals surface area contributed by atoms with Gasteiger partial charge in [0.05, 0.1) is 29.5 Å². The van der Waals surface area contributed by atoms with E-state index in [-0.39, 0.29) is 24.1 Å².